The van der Waals surface area contributed by atoms with Gasteiger partial charge in [0, 0.05) is 18.6 Å². The molecule has 1 aromatic carbocycles. The molecule has 20 heavy (non-hydrogen) atoms. The first-order valence-electron chi connectivity index (χ1n) is 6.55. The van der Waals surface area contributed by atoms with Gasteiger partial charge < -0.3 is 10.8 Å². The fraction of sp³-hybridized carbons (Fsp3) is 0.538. The van der Waals surface area contributed by atoms with Crippen molar-refractivity contribution in [2.75, 3.05) is 18.9 Å². The monoisotopic (exact) mass is 318 g/mol. The van der Waals surface area contributed by atoms with Gasteiger partial charge >= 0.3 is 0 Å². The van der Waals surface area contributed by atoms with Gasteiger partial charge in [0.1, 0.15) is 4.90 Å². The van der Waals surface area contributed by atoms with Crippen molar-refractivity contribution in [1.82, 2.24) is 4.72 Å². The first-order valence-corrected chi connectivity index (χ1v) is 8.41. The van der Waals surface area contributed by atoms with Crippen LogP contribution in [0.15, 0.2) is 23.1 Å². The third kappa shape index (κ3) is 3.09. The molecule has 0 aromatic heterocycles. The second kappa shape index (κ2) is 5.89. The smallest absolute Gasteiger partial charge is 0.244 e. The fourth-order valence-electron chi connectivity index (χ4n) is 2.65. The van der Waals surface area contributed by atoms with Gasteiger partial charge in [-0.3, -0.25) is 0 Å². The number of anilines is 1. The lowest BCUT2D eigenvalue weighted by atomic mass is 9.88. The lowest BCUT2D eigenvalue weighted by Gasteiger charge is -2.26. The van der Waals surface area contributed by atoms with Gasteiger partial charge in [-0.25, -0.2) is 13.1 Å². The van der Waals surface area contributed by atoms with Crippen LogP contribution in [0.2, 0.25) is 5.02 Å². The molecule has 112 valence electrons. The van der Waals surface area contributed by atoms with Gasteiger partial charge in [0.25, 0.3) is 0 Å². The standard InChI is InChI=1S/C13H19ClN2O3S/c14-10-4-3-5-11(15)12(10)20(18,19)16-8-13(9-17)6-1-2-7-13/h3-5,16-17H,1-2,6-9,15H2. The molecule has 1 fully saturated rings. The Balaban J connectivity index is 2.20. The maximum absolute atomic E-state index is 12.3. The molecule has 0 radical (unpaired) electrons. The van der Waals surface area contributed by atoms with E-state index < -0.39 is 10.0 Å². The Morgan fingerprint density at radius 3 is 2.55 bits per heavy atom. The molecule has 0 unspecified atom stereocenters. The Hall–Kier alpha value is -0.820. The van der Waals surface area contributed by atoms with Crippen molar-refractivity contribution < 1.29 is 13.5 Å². The second-order valence-corrected chi connectivity index (χ2v) is 7.46. The second-order valence-electron chi connectivity index (χ2n) is 5.35. The van der Waals surface area contributed by atoms with Gasteiger partial charge in [0.05, 0.1) is 10.7 Å². The van der Waals surface area contributed by atoms with Gasteiger partial charge in [-0.15, -0.1) is 0 Å². The van der Waals surface area contributed by atoms with Crippen LogP contribution < -0.4 is 10.5 Å². The van der Waals surface area contributed by atoms with E-state index in [1.807, 2.05) is 0 Å². The van der Waals surface area contributed by atoms with Crippen molar-refractivity contribution >= 4 is 27.3 Å². The predicted molar refractivity (Wildman–Crippen MR) is 79.0 cm³/mol. The first kappa shape index (κ1) is 15.6. The van der Waals surface area contributed by atoms with E-state index in [1.54, 1.807) is 6.07 Å². The number of aliphatic hydroxyl groups excluding tert-OH is 1. The number of rotatable bonds is 5. The molecule has 7 heteroatoms. The third-order valence-corrected chi connectivity index (χ3v) is 5.85. The van der Waals surface area contributed by atoms with E-state index >= 15 is 0 Å². The van der Waals surface area contributed by atoms with Crippen LogP contribution in [-0.4, -0.2) is 26.7 Å². The maximum Gasteiger partial charge on any atom is 0.244 e. The largest absolute Gasteiger partial charge is 0.398 e. The Morgan fingerprint density at radius 1 is 1.35 bits per heavy atom. The number of hydrogen-bond donors (Lipinski definition) is 3. The van der Waals surface area contributed by atoms with Crippen molar-refractivity contribution in [3.05, 3.63) is 23.2 Å². The normalized spacial score (nSPS) is 18.3. The Kier molecular flexibility index (Phi) is 4.59. The van der Waals surface area contributed by atoms with Crippen LogP contribution in [0.1, 0.15) is 25.7 Å². The first-order chi connectivity index (χ1) is 9.40. The molecule has 1 saturated carbocycles. The lowest BCUT2D eigenvalue weighted by Crippen LogP contribution is -2.38. The zero-order chi connectivity index (χ0) is 14.8. The summed E-state index contributed by atoms with van der Waals surface area (Å²) in [6.45, 7) is 0.185. The molecule has 0 spiro atoms. The minimum Gasteiger partial charge on any atom is -0.398 e. The molecular formula is C13H19ClN2O3S. The van der Waals surface area contributed by atoms with E-state index in [2.05, 4.69) is 4.72 Å². The van der Waals surface area contributed by atoms with Crippen LogP contribution in [-0.2, 0) is 10.0 Å². The van der Waals surface area contributed by atoms with Crippen LogP contribution in [0.5, 0.6) is 0 Å². The van der Waals surface area contributed by atoms with E-state index in [9.17, 15) is 13.5 Å². The number of nitrogens with one attached hydrogen (secondary N) is 1. The number of halogens is 1. The van der Waals surface area contributed by atoms with Gasteiger partial charge in [-0.05, 0) is 25.0 Å². The molecule has 2 rings (SSSR count). The Labute approximate surface area is 124 Å². The maximum atomic E-state index is 12.3. The molecule has 0 aliphatic heterocycles. The van der Waals surface area contributed by atoms with Crippen molar-refractivity contribution in [3.63, 3.8) is 0 Å². The molecular weight excluding hydrogens is 300 g/mol. The van der Waals surface area contributed by atoms with Crippen LogP contribution in [0.25, 0.3) is 0 Å². The number of nitrogens with two attached hydrogens (primary N) is 1. The van der Waals surface area contributed by atoms with Crippen LogP contribution in [0.4, 0.5) is 5.69 Å². The summed E-state index contributed by atoms with van der Waals surface area (Å²) in [5.74, 6) is 0. The van der Waals surface area contributed by atoms with Crippen LogP contribution >= 0.6 is 11.6 Å². The van der Waals surface area contributed by atoms with Gasteiger partial charge in [-0.2, -0.15) is 0 Å². The van der Waals surface area contributed by atoms with E-state index in [-0.39, 0.29) is 34.2 Å². The van der Waals surface area contributed by atoms with Gasteiger partial charge in [0.2, 0.25) is 10.0 Å². The molecule has 0 heterocycles. The summed E-state index contributed by atoms with van der Waals surface area (Å²) in [6.07, 6.45) is 3.67. The summed E-state index contributed by atoms with van der Waals surface area (Å²) in [4.78, 5) is -0.0900. The van der Waals surface area contributed by atoms with Crippen molar-refractivity contribution in [2.45, 2.75) is 30.6 Å². The highest BCUT2D eigenvalue weighted by Gasteiger charge is 2.35. The average molecular weight is 319 g/mol. The summed E-state index contributed by atoms with van der Waals surface area (Å²) in [6, 6.07) is 4.59. The average Bonchev–Trinajstić information content (AvgIpc) is 2.85. The van der Waals surface area contributed by atoms with Crippen LogP contribution in [0, 0.1) is 5.41 Å². The molecule has 0 amide bonds. The molecule has 5 nitrogen and oxygen atoms in total. The number of nitrogen functional groups attached to an aromatic ring is 1. The number of sulfonamides is 1. The highest BCUT2D eigenvalue weighted by Crippen LogP contribution is 2.37. The summed E-state index contributed by atoms with van der Waals surface area (Å²) in [5.41, 5.74) is 5.47. The molecule has 0 atom stereocenters. The van der Waals surface area contributed by atoms with E-state index in [4.69, 9.17) is 17.3 Å². The quantitative estimate of drug-likeness (QED) is 0.721. The van der Waals surface area contributed by atoms with Gasteiger partial charge in [0.15, 0.2) is 0 Å². The van der Waals surface area contributed by atoms with Crippen molar-refractivity contribution in [1.29, 1.82) is 0 Å². The zero-order valence-electron chi connectivity index (χ0n) is 11.1. The topological polar surface area (TPSA) is 92.4 Å². The Morgan fingerprint density at radius 2 is 2.00 bits per heavy atom. The number of hydrogen-bond acceptors (Lipinski definition) is 4. The SMILES string of the molecule is Nc1cccc(Cl)c1S(=O)(=O)NCC1(CO)CCCC1. The van der Waals surface area contributed by atoms with Crippen molar-refractivity contribution in [2.24, 2.45) is 5.41 Å². The molecule has 1 aliphatic carbocycles. The zero-order valence-corrected chi connectivity index (χ0v) is 12.7. The Bertz CT molecular complexity index is 563. The fourth-order valence-corrected chi connectivity index (χ4v) is 4.48. The highest BCUT2D eigenvalue weighted by atomic mass is 35.5. The minimum absolute atomic E-state index is 0.0203. The van der Waals surface area contributed by atoms with E-state index in [1.165, 1.54) is 12.1 Å². The highest BCUT2D eigenvalue weighted by molar-refractivity contribution is 7.89. The van der Waals surface area contributed by atoms with Gasteiger partial charge in [-0.1, -0.05) is 30.5 Å². The van der Waals surface area contributed by atoms with Crippen LogP contribution in [0.3, 0.4) is 0 Å². The number of aliphatic hydroxyl groups is 1. The lowest BCUT2D eigenvalue weighted by molar-refractivity contribution is 0.134. The molecule has 0 saturated heterocycles. The molecule has 1 aromatic rings. The summed E-state index contributed by atoms with van der Waals surface area (Å²) >= 11 is 5.93. The predicted octanol–water partition coefficient (Wildman–Crippen LogP) is 1.75. The molecule has 4 N–H and O–H groups in total. The third-order valence-electron chi connectivity index (χ3n) is 3.90. The summed E-state index contributed by atoms with van der Waals surface area (Å²) < 4.78 is 27.2. The van der Waals surface area contributed by atoms with Crippen molar-refractivity contribution in [3.8, 4) is 0 Å². The number of benzene rings is 1. The van der Waals surface area contributed by atoms with E-state index in [0.717, 1.165) is 25.7 Å². The molecule has 1 aliphatic rings. The minimum atomic E-state index is -3.78. The summed E-state index contributed by atoms with van der Waals surface area (Å²) in [5, 5.41) is 9.61. The molecule has 0 bridgehead atoms. The van der Waals surface area contributed by atoms with E-state index in [0.29, 0.717) is 0 Å². The summed E-state index contributed by atoms with van der Waals surface area (Å²) in [7, 11) is -3.78.